The van der Waals surface area contributed by atoms with Crippen molar-refractivity contribution in [3.8, 4) is 0 Å². The normalized spacial score (nSPS) is 11.7. The van der Waals surface area contributed by atoms with E-state index in [-0.39, 0.29) is 10.6 Å². The summed E-state index contributed by atoms with van der Waals surface area (Å²) in [5, 5.41) is 3.42. The Morgan fingerprint density at radius 1 is 1.17 bits per heavy atom. The van der Waals surface area contributed by atoms with Crippen LogP contribution in [0.15, 0.2) is 47.4 Å². The molecular formula is C17H15Cl2NO3S. The fourth-order valence-corrected chi connectivity index (χ4v) is 2.70. The zero-order valence-electron chi connectivity index (χ0n) is 13.0. The average molecular weight is 384 g/mol. The molecule has 0 heterocycles. The van der Waals surface area contributed by atoms with E-state index in [2.05, 4.69) is 5.32 Å². The highest BCUT2D eigenvalue weighted by atomic mass is 35.5. The maximum absolute atomic E-state index is 12.2. The summed E-state index contributed by atoms with van der Waals surface area (Å²) in [6.07, 6.45) is 0.907. The quantitative estimate of drug-likeness (QED) is 0.589. The van der Waals surface area contributed by atoms with Gasteiger partial charge in [-0.05, 0) is 49.6 Å². The second-order valence-corrected chi connectivity index (χ2v) is 6.62. The minimum atomic E-state index is -0.981. The van der Waals surface area contributed by atoms with Crippen molar-refractivity contribution in [2.45, 2.75) is 17.9 Å². The molecule has 2 rings (SSSR count). The van der Waals surface area contributed by atoms with E-state index < -0.39 is 18.0 Å². The second-order valence-electron chi connectivity index (χ2n) is 4.89. The van der Waals surface area contributed by atoms with Gasteiger partial charge in [0.15, 0.2) is 6.10 Å². The summed E-state index contributed by atoms with van der Waals surface area (Å²) in [7, 11) is 0. The number of ether oxygens (including phenoxy) is 1. The third-order valence-electron chi connectivity index (χ3n) is 3.14. The Morgan fingerprint density at radius 2 is 1.92 bits per heavy atom. The molecule has 0 radical (unpaired) electrons. The summed E-state index contributed by atoms with van der Waals surface area (Å²) < 4.78 is 5.20. The zero-order chi connectivity index (χ0) is 17.7. The van der Waals surface area contributed by atoms with Gasteiger partial charge in [0.25, 0.3) is 5.91 Å². The number of hydrogen-bond donors (Lipinski definition) is 1. The van der Waals surface area contributed by atoms with Crippen molar-refractivity contribution >= 4 is 52.5 Å². The van der Waals surface area contributed by atoms with E-state index in [9.17, 15) is 9.59 Å². The lowest BCUT2D eigenvalue weighted by Crippen LogP contribution is -2.30. The van der Waals surface area contributed by atoms with Crippen LogP contribution < -0.4 is 5.32 Å². The van der Waals surface area contributed by atoms with Crippen molar-refractivity contribution in [1.29, 1.82) is 0 Å². The first-order valence-corrected chi connectivity index (χ1v) is 8.99. The molecule has 2 aromatic rings. The molecule has 126 valence electrons. The molecule has 0 aliphatic heterocycles. The largest absolute Gasteiger partial charge is 0.449 e. The maximum Gasteiger partial charge on any atom is 0.340 e. The summed E-state index contributed by atoms with van der Waals surface area (Å²) in [5.74, 6) is -1.10. The topological polar surface area (TPSA) is 55.4 Å². The van der Waals surface area contributed by atoms with Crippen LogP contribution in [0.3, 0.4) is 0 Å². The van der Waals surface area contributed by atoms with Crippen LogP contribution >= 0.6 is 35.0 Å². The van der Waals surface area contributed by atoms with E-state index in [0.29, 0.717) is 10.7 Å². The minimum Gasteiger partial charge on any atom is -0.449 e. The molecule has 0 aromatic heterocycles. The number of anilines is 1. The Labute approximate surface area is 154 Å². The van der Waals surface area contributed by atoms with Crippen molar-refractivity contribution in [1.82, 2.24) is 0 Å². The number of amides is 1. The van der Waals surface area contributed by atoms with Crippen LogP contribution in [0.5, 0.6) is 0 Å². The van der Waals surface area contributed by atoms with Gasteiger partial charge in [0.2, 0.25) is 0 Å². The third-order valence-corrected chi connectivity index (χ3v) is 4.43. The smallest absolute Gasteiger partial charge is 0.340 e. The first-order valence-electron chi connectivity index (χ1n) is 7.01. The molecule has 0 unspecified atom stereocenters. The number of rotatable bonds is 5. The summed E-state index contributed by atoms with van der Waals surface area (Å²) in [4.78, 5) is 25.2. The van der Waals surface area contributed by atoms with Crippen molar-refractivity contribution in [3.63, 3.8) is 0 Å². The summed E-state index contributed by atoms with van der Waals surface area (Å²) in [5.41, 5.74) is 0.753. The molecule has 0 aliphatic rings. The van der Waals surface area contributed by atoms with Gasteiger partial charge in [-0.3, -0.25) is 4.79 Å². The van der Waals surface area contributed by atoms with Gasteiger partial charge in [0, 0.05) is 15.6 Å². The molecule has 0 saturated carbocycles. The Bertz CT molecular complexity index is 767. The molecule has 1 atom stereocenters. The lowest BCUT2D eigenvalue weighted by atomic mass is 10.2. The maximum atomic E-state index is 12.2. The Kier molecular flexibility index (Phi) is 6.54. The molecule has 1 N–H and O–H groups in total. The van der Waals surface area contributed by atoms with E-state index in [1.165, 1.54) is 18.7 Å². The molecule has 0 aliphatic carbocycles. The van der Waals surface area contributed by atoms with Crippen LogP contribution in [0.1, 0.15) is 17.3 Å². The lowest BCUT2D eigenvalue weighted by Gasteiger charge is -2.14. The van der Waals surface area contributed by atoms with Gasteiger partial charge in [-0.2, -0.15) is 0 Å². The Morgan fingerprint density at radius 3 is 2.58 bits per heavy atom. The summed E-state index contributed by atoms with van der Waals surface area (Å²) in [6, 6.07) is 11.8. The molecule has 7 heteroatoms. The molecule has 0 saturated heterocycles. The molecule has 2 aromatic carbocycles. The van der Waals surface area contributed by atoms with Gasteiger partial charge >= 0.3 is 5.97 Å². The lowest BCUT2D eigenvalue weighted by molar-refractivity contribution is -0.123. The zero-order valence-corrected chi connectivity index (χ0v) is 15.3. The molecule has 4 nitrogen and oxygen atoms in total. The monoisotopic (exact) mass is 383 g/mol. The summed E-state index contributed by atoms with van der Waals surface area (Å²) in [6.45, 7) is 1.49. The highest BCUT2D eigenvalue weighted by molar-refractivity contribution is 7.98. The number of esters is 1. The number of benzene rings is 2. The third kappa shape index (κ3) is 4.90. The van der Waals surface area contributed by atoms with Crippen LogP contribution in [-0.4, -0.2) is 24.2 Å². The number of hydrogen-bond acceptors (Lipinski definition) is 4. The Balaban J connectivity index is 2.04. The number of nitrogens with one attached hydrogen (secondary N) is 1. The number of carbonyl (C=O) groups excluding carboxylic acids is 2. The SMILES string of the molecule is CSc1ccc(Cl)c(C(=O)O[C@H](C)C(=O)Nc2cccc(Cl)c2)c1. The predicted molar refractivity (Wildman–Crippen MR) is 98.2 cm³/mol. The molecule has 1 amide bonds. The van der Waals surface area contributed by atoms with Crippen molar-refractivity contribution in [2.75, 3.05) is 11.6 Å². The fourth-order valence-electron chi connectivity index (χ4n) is 1.88. The first kappa shape index (κ1) is 18.6. The van der Waals surface area contributed by atoms with E-state index in [0.717, 1.165) is 4.90 Å². The number of thioether (sulfide) groups is 1. The van der Waals surface area contributed by atoms with E-state index in [1.54, 1.807) is 42.5 Å². The van der Waals surface area contributed by atoms with Gasteiger partial charge in [-0.15, -0.1) is 11.8 Å². The van der Waals surface area contributed by atoms with E-state index in [4.69, 9.17) is 27.9 Å². The number of carbonyl (C=O) groups is 2. The van der Waals surface area contributed by atoms with Crippen LogP contribution in [-0.2, 0) is 9.53 Å². The molecule has 0 bridgehead atoms. The second kappa shape index (κ2) is 8.42. The molecular weight excluding hydrogens is 369 g/mol. The fraction of sp³-hybridized carbons (Fsp3) is 0.176. The van der Waals surface area contributed by atoms with Crippen LogP contribution in [0, 0.1) is 0 Å². The molecule has 0 fully saturated rings. The average Bonchev–Trinajstić information content (AvgIpc) is 2.55. The Hall–Kier alpha value is -1.69. The van der Waals surface area contributed by atoms with Crippen molar-refractivity contribution < 1.29 is 14.3 Å². The van der Waals surface area contributed by atoms with Crippen molar-refractivity contribution in [3.05, 3.63) is 58.1 Å². The molecule has 24 heavy (non-hydrogen) atoms. The molecule has 0 spiro atoms. The van der Waals surface area contributed by atoms with Gasteiger partial charge < -0.3 is 10.1 Å². The van der Waals surface area contributed by atoms with Gasteiger partial charge in [-0.1, -0.05) is 29.3 Å². The van der Waals surface area contributed by atoms with E-state index >= 15 is 0 Å². The van der Waals surface area contributed by atoms with Crippen molar-refractivity contribution in [2.24, 2.45) is 0 Å². The number of halogens is 2. The first-order chi connectivity index (χ1) is 11.4. The van der Waals surface area contributed by atoms with Gasteiger partial charge in [0.1, 0.15) is 0 Å². The van der Waals surface area contributed by atoms with E-state index in [1.807, 2.05) is 6.26 Å². The predicted octanol–water partition coefficient (Wildman–Crippen LogP) is 4.90. The van der Waals surface area contributed by atoms with Crippen LogP contribution in [0.4, 0.5) is 5.69 Å². The van der Waals surface area contributed by atoms with Crippen LogP contribution in [0.2, 0.25) is 10.0 Å². The highest BCUT2D eigenvalue weighted by Gasteiger charge is 2.21. The minimum absolute atomic E-state index is 0.228. The van der Waals surface area contributed by atoms with Gasteiger partial charge in [0.05, 0.1) is 10.6 Å². The highest BCUT2D eigenvalue weighted by Crippen LogP contribution is 2.24. The van der Waals surface area contributed by atoms with Gasteiger partial charge in [-0.25, -0.2) is 4.79 Å². The summed E-state index contributed by atoms with van der Waals surface area (Å²) >= 11 is 13.4. The van der Waals surface area contributed by atoms with Crippen LogP contribution in [0.25, 0.3) is 0 Å². The standard InChI is InChI=1S/C17H15Cl2NO3S/c1-10(16(21)20-12-5-3-4-11(18)8-12)23-17(22)14-9-13(24-2)6-7-15(14)19/h3-10H,1-2H3,(H,20,21)/t10-/m1/s1.